The molecule has 72 valence electrons. The summed E-state index contributed by atoms with van der Waals surface area (Å²) in [5.41, 5.74) is 2.93. The van der Waals surface area contributed by atoms with Crippen LogP contribution in [-0.4, -0.2) is 0 Å². The Morgan fingerprint density at radius 2 is 1.85 bits per heavy atom. The van der Waals surface area contributed by atoms with E-state index in [0.29, 0.717) is 5.92 Å². The molecule has 1 rings (SSSR count). The molecule has 0 heteroatoms. The van der Waals surface area contributed by atoms with Crippen molar-refractivity contribution in [3.63, 3.8) is 0 Å². The molecule has 0 fully saturated rings. The smallest absolute Gasteiger partial charge is 0.0167 e. The summed E-state index contributed by atoms with van der Waals surface area (Å²) in [7, 11) is 0. The van der Waals surface area contributed by atoms with E-state index in [0.717, 1.165) is 12.3 Å². The Kier molecular flexibility index (Phi) is 3.53. The summed E-state index contributed by atoms with van der Waals surface area (Å²) in [6, 6.07) is 8.96. The lowest BCUT2D eigenvalue weighted by Gasteiger charge is -2.16. The minimum atomic E-state index is 0.673. The summed E-state index contributed by atoms with van der Waals surface area (Å²) < 4.78 is 0. The Hall–Kier alpha value is -0.780. The maximum atomic E-state index is 2.34. The van der Waals surface area contributed by atoms with Crippen molar-refractivity contribution in [3.8, 4) is 0 Å². The van der Waals surface area contributed by atoms with Gasteiger partial charge < -0.3 is 0 Å². The highest BCUT2D eigenvalue weighted by Crippen LogP contribution is 2.24. The molecule has 0 heterocycles. The van der Waals surface area contributed by atoms with Crippen molar-refractivity contribution in [2.75, 3.05) is 0 Å². The molecule has 1 unspecified atom stereocenters. The van der Waals surface area contributed by atoms with Crippen LogP contribution in [0.2, 0.25) is 0 Å². The third-order valence-corrected chi connectivity index (χ3v) is 2.89. The van der Waals surface area contributed by atoms with Crippen LogP contribution in [0, 0.1) is 5.92 Å². The van der Waals surface area contributed by atoms with Crippen LogP contribution in [0.15, 0.2) is 24.3 Å². The van der Waals surface area contributed by atoms with E-state index >= 15 is 0 Å². The molecule has 1 atom stereocenters. The molecule has 1 aromatic carbocycles. The maximum Gasteiger partial charge on any atom is -0.0167 e. The first kappa shape index (κ1) is 10.3. The minimum absolute atomic E-state index is 0.673. The quantitative estimate of drug-likeness (QED) is 0.652. The van der Waals surface area contributed by atoms with Gasteiger partial charge in [0.25, 0.3) is 0 Å². The standard InChI is InChI=1S/C13H20/c1-5-12-7-6-8-13(9-12)11(4)10(2)3/h6-11H,5H2,1-4H3. The van der Waals surface area contributed by atoms with E-state index in [-0.39, 0.29) is 0 Å². The first-order valence-corrected chi connectivity index (χ1v) is 5.24. The summed E-state index contributed by atoms with van der Waals surface area (Å²) in [6.07, 6.45) is 1.14. The summed E-state index contributed by atoms with van der Waals surface area (Å²) in [5.74, 6) is 1.40. The van der Waals surface area contributed by atoms with Gasteiger partial charge in [-0.25, -0.2) is 0 Å². The highest BCUT2D eigenvalue weighted by atomic mass is 14.1. The van der Waals surface area contributed by atoms with Crippen LogP contribution < -0.4 is 0 Å². The zero-order valence-corrected chi connectivity index (χ0v) is 9.17. The second-order valence-corrected chi connectivity index (χ2v) is 4.13. The Morgan fingerprint density at radius 1 is 1.15 bits per heavy atom. The first-order chi connectivity index (χ1) is 6.15. The average Bonchev–Trinajstić information content (AvgIpc) is 2.16. The van der Waals surface area contributed by atoms with E-state index in [4.69, 9.17) is 0 Å². The van der Waals surface area contributed by atoms with Gasteiger partial charge in [0.1, 0.15) is 0 Å². The molecule has 0 N–H and O–H groups in total. The van der Waals surface area contributed by atoms with E-state index in [1.165, 1.54) is 11.1 Å². The second-order valence-electron chi connectivity index (χ2n) is 4.13. The number of benzene rings is 1. The van der Waals surface area contributed by atoms with E-state index in [9.17, 15) is 0 Å². The number of aryl methyl sites for hydroxylation is 1. The van der Waals surface area contributed by atoms with Crippen molar-refractivity contribution in [3.05, 3.63) is 35.4 Å². The van der Waals surface area contributed by atoms with Gasteiger partial charge in [-0.15, -0.1) is 0 Å². The second kappa shape index (κ2) is 4.45. The van der Waals surface area contributed by atoms with Gasteiger partial charge in [0.15, 0.2) is 0 Å². The summed E-state index contributed by atoms with van der Waals surface area (Å²) in [4.78, 5) is 0. The predicted molar refractivity (Wildman–Crippen MR) is 59.1 cm³/mol. The van der Waals surface area contributed by atoms with Crippen LogP contribution >= 0.6 is 0 Å². The van der Waals surface area contributed by atoms with Gasteiger partial charge >= 0.3 is 0 Å². The fourth-order valence-corrected chi connectivity index (χ4v) is 1.48. The van der Waals surface area contributed by atoms with Gasteiger partial charge in [0.2, 0.25) is 0 Å². The molecule has 0 nitrogen and oxygen atoms in total. The molecule has 0 aliphatic rings. The van der Waals surface area contributed by atoms with Crippen molar-refractivity contribution in [2.45, 2.75) is 40.0 Å². The van der Waals surface area contributed by atoms with Crippen LogP contribution in [0.1, 0.15) is 44.7 Å². The zero-order chi connectivity index (χ0) is 9.84. The summed E-state index contributed by atoms with van der Waals surface area (Å²) in [5, 5.41) is 0. The van der Waals surface area contributed by atoms with Crippen LogP contribution in [0.4, 0.5) is 0 Å². The van der Waals surface area contributed by atoms with E-state index < -0.39 is 0 Å². The molecule has 0 amide bonds. The lowest BCUT2D eigenvalue weighted by atomic mass is 9.89. The first-order valence-electron chi connectivity index (χ1n) is 5.24. The zero-order valence-electron chi connectivity index (χ0n) is 9.17. The molecule has 0 aromatic heterocycles. The van der Waals surface area contributed by atoms with Crippen LogP contribution in [-0.2, 0) is 6.42 Å². The largest absolute Gasteiger partial charge is 0.0622 e. The van der Waals surface area contributed by atoms with Gasteiger partial charge in [0, 0.05) is 0 Å². The predicted octanol–water partition coefficient (Wildman–Crippen LogP) is 4.01. The fourth-order valence-electron chi connectivity index (χ4n) is 1.48. The summed E-state index contributed by atoms with van der Waals surface area (Å²) >= 11 is 0. The topological polar surface area (TPSA) is 0 Å². The Labute approximate surface area is 82.0 Å². The average molecular weight is 176 g/mol. The highest BCUT2D eigenvalue weighted by molar-refractivity contribution is 5.26. The van der Waals surface area contributed by atoms with Crippen molar-refractivity contribution < 1.29 is 0 Å². The molecule has 0 aliphatic carbocycles. The molecule has 0 aliphatic heterocycles. The number of hydrogen-bond acceptors (Lipinski definition) is 0. The lowest BCUT2D eigenvalue weighted by molar-refractivity contribution is 0.534. The molecule has 0 bridgehead atoms. The van der Waals surface area contributed by atoms with Gasteiger partial charge in [-0.2, -0.15) is 0 Å². The van der Waals surface area contributed by atoms with E-state index in [2.05, 4.69) is 52.0 Å². The molecule has 13 heavy (non-hydrogen) atoms. The highest BCUT2D eigenvalue weighted by Gasteiger charge is 2.09. The Balaban J connectivity index is 2.88. The maximum absolute atomic E-state index is 2.34. The number of rotatable bonds is 3. The molecule has 0 spiro atoms. The third-order valence-electron chi connectivity index (χ3n) is 2.89. The molecular formula is C13H20. The van der Waals surface area contributed by atoms with Gasteiger partial charge in [-0.3, -0.25) is 0 Å². The Morgan fingerprint density at radius 3 is 2.38 bits per heavy atom. The van der Waals surface area contributed by atoms with Crippen LogP contribution in [0.5, 0.6) is 0 Å². The minimum Gasteiger partial charge on any atom is -0.0622 e. The normalized spacial score (nSPS) is 13.3. The van der Waals surface area contributed by atoms with Crippen LogP contribution in [0.25, 0.3) is 0 Å². The molecule has 0 saturated carbocycles. The molecular weight excluding hydrogens is 156 g/mol. The molecule has 0 radical (unpaired) electrons. The van der Waals surface area contributed by atoms with Crippen molar-refractivity contribution in [1.29, 1.82) is 0 Å². The SMILES string of the molecule is CCc1cccc(C(C)C(C)C)c1. The summed E-state index contributed by atoms with van der Waals surface area (Å²) in [6.45, 7) is 9.07. The van der Waals surface area contributed by atoms with Crippen molar-refractivity contribution in [2.24, 2.45) is 5.92 Å². The fraction of sp³-hybridized carbons (Fsp3) is 0.538. The monoisotopic (exact) mass is 176 g/mol. The van der Waals surface area contributed by atoms with E-state index in [1.807, 2.05) is 0 Å². The van der Waals surface area contributed by atoms with Gasteiger partial charge in [0.05, 0.1) is 0 Å². The van der Waals surface area contributed by atoms with Gasteiger partial charge in [-0.1, -0.05) is 52.0 Å². The third kappa shape index (κ3) is 2.58. The van der Waals surface area contributed by atoms with Gasteiger partial charge in [-0.05, 0) is 29.4 Å². The van der Waals surface area contributed by atoms with Crippen LogP contribution in [0.3, 0.4) is 0 Å². The lowest BCUT2D eigenvalue weighted by Crippen LogP contribution is -2.02. The molecule has 1 aromatic rings. The number of hydrogen-bond donors (Lipinski definition) is 0. The molecule has 0 saturated heterocycles. The van der Waals surface area contributed by atoms with Crippen molar-refractivity contribution >= 4 is 0 Å². The Bertz CT molecular complexity index is 260. The van der Waals surface area contributed by atoms with E-state index in [1.54, 1.807) is 0 Å². The van der Waals surface area contributed by atoms with Crippen molar-refractivity contribution in [1.82, 2.24) is 0 Å².